The molecule has 130 valence electrons. The van der Waals surface area contributed by atoms with Crippen molar-refractivity contribution in [1.82, 2.24) is 20.0 Å². The van der Waals surface area contributed by atoms with E-state index in [-0.39, 0.29) is 5.91 Å². The summed E-state index contributed by atoms with van der Waals surface area (Å²) in [5.74, 6) is -0.0300. The molecule has 0 radical (unpaired) electrons. The normalized spacial score (nSPS) is 11.1. The number of carbonyl (C=O) groups excluding carboxylic acids is 1. The third-order valence-electron chi connectivity index (χ3n) is 4.09. The molecule has 24 heavy (non-hydrogen) atoms. The van der Waals surface area contributed by atoms with E-state index in [1.807, 2.05) is 43.9 Å². The van der Waals surface area contributed by atoms with Crippen molar-refractivity contribution in [1.29, 1.82) is 0 Å². The molecule has 0 saturated carbocycles. The number of carbonyl (C=O) groups is 1. The van der Waals surface area contributed by atoms with Crippen LogP contribution in [0, 0.1) is 13.8 Å². The van der Waals surface area contributed by atoms with E-state index < -0.39 is 0 Å². The SMILES string of the molecule is CCCc1nn(-c2ccccc2C)c(C)c1C(=O)NCCN(C)C. The van der Waals surface area contributed by atoms with Gasteiger partial charge in [-0.25, -0.2) is 4.68 Å². The molecule has 0 aliphatic carbocycles. The van der Waals surface area contributed by atoms with Crippen molar-refractivity contribution in [2.75, 3.05) is 27.2 Å². The first-order chi connectivity index (χ1) is 11.5. The Morgan fingerprint density at radius 3 is 2.58 bits per heavy atom. The average Bonchev–Trinajstić information content (AvgIpc) is 2.84. The number of aromatic nitrogens is 2. The molecule has 1 aromatic heterocycles. The number of benzene rings is 1. The Labute approximate surface area is 144 Å². The summed E-state index contributed by atoms with van der Waals surface area (Å²) < 4.78 is 1.90. The lowest BCUT2D eigenvalue weighted by molar-refractivity contribution is 0.0949. The van der Waals surface area contributed by atoms with Gasteiger partial charge in [0, 0.05) is 13.1 Å². The molecule has 0 atom stereocenters. The van der Waals surface area contributed by atoms with Crippen molar-refractivity contribution >= 4 is 5.91 Å². The molecule has 0 aliphatic heterocycles. The zero-order valence-corrected chi connectivity index (χ0v) is 15.4. The highest BCUT2D eigenvalue weighted by Crippen LogP contribution is 2.21. The molecule has 5 heteroatoms. The Kier molecular flexibility index (Phi) is 6.15. The van der Waals surface area contributed by atoms with Crippen LogP contribution in [-0.2, 0) is 6.42 Å². The fourth-order valence-corrected chi connectivity index (χ4v) is 2.78. The number of hydrogen-bond acceptors (Lipinski definition) is 3. The number of nitrogens with zero attached hydrogens (tertiary/aromatic N) is 3. The highest BCUT2D eigenvalue weighted by atomic mass is 16.1. The standard InChI is InChI=1S/C19H28N4O/c1-6-9-16-18(19(24)20-12-13-22(4)5)15(3)23(21-16)17-11-8-7-10-14(17)2/h7-8,10-11H,6,9,12-13H2,1-5H3,(H,20,24). The molecule has 2 rings (SSSR count). The maximum Gasteiger partial charge on any atom is 0.255 e. The number of aryl methyl sites for hydroxylation is 2. The van der Waals surface area contributed by atoms with E-state index in [0.29, 0.717) is 6.54 Å². The molecule has 1 N–H and O–H groups in total. The van der Waals surface area contributed by atoms with Gasteiger partial charge in [0.2, 0.25) is 0 Å². The minimum atomic E-state index is -0.0300. The maximum atomic E-state index is 12.7. The molecular weight excluding hydrogens is 300 g/mol. The predicted molar refractivity (Wildman–Crippen MR) is 97.9 cm³/mol. The summed E-state index contributed by atoms with van der Waals surface area (Å²) in [4.78, 5) is 14.7. The minimum Gasteiger partial charge on any atom is -0.351 e. The van der Waals surface area contributed by atoms with Gasteiger partial charge in [0.25, 0.3) is 5.91 Å². The number of likely N-dealkylation sites (N-methyl/N-ethyl adjacent to an activating group) is 1. The second kappa shape index (κ2) is 8.11. The van der Waals surface area contributed by atoms with Crippen molar-refractivity contribution in [3.63, 3.8) is 0 Å². The van der Waals surface area contributed by atoms with Crippen LogP contribution >= 0.6 is 0 Å². The Morgan fingerprint density at radius 1 is 1.25 bits per heavy atom. The van der Waals surface area contributed by atoms with Gasteiger partial charge in [-0.05, 0) is 46.0 Å². The van der Waals surface area contributed by atoms with Crippen LogP contribution in [0.5, 0.6) is 0 Å². The van der Waals surface area contributed by atoms with E-state index in [1.54, 1.807) is 0 Å². The van der Waals surface area contributed by atoms with E-state index >= 15 is 0 Å². The molecule has 5 nitrogen and oxygen atoms in total. The van der Waals surface area contributed by atoms with Crippen LogP contribution in [0.3, 0.4) is 0 Å². The third-order valence-corrected chi connectivity index (χ3v) is 4.09. The molecule has 0 aliphatic rings. The lowest BCUT2D eigenvalue weighted by Crippen LogP contribution is -2.32. The van der Waals surface area contributed by atoms with Gasteiger partial charge >= 0.3 is 0 Å². The molecule has 0 fully saturated rings. The smallest absolute Gasteiger partial charge is 0.255 e. The zero-order chi connectivity index (χ0) is 17.7. The van der Waals surface area contributed by atoms with Gasteiger partial charge in [-0.2, -0.15) is 5.10 Å². The molecule has 0 saturated heterocycles. The van der Waals surface area contributed by atoms with Crippen molar-refractivity contribution in [3.05, 3.63) is 46.8 Å². The summed E-state index contributed by atoms with van der Waals surface area (Å²) in [5, 5.41) is 7.76. The Morgan fingerprint density at radius 2 is 1.96 bits per heavy atom. The highest BCUT2D eigenvalue weighted by molar-refractivity contribution is 5.96. The lowest BCUT2D eigenvalue weighted by Gasteiger charge is -2.11. The maximum absolute atomic E-state index is 12.7. The first-order valence-electron chi connectivity index (χ1n) is 8.53. The Hall–Kier alpha value is -2.14. The van der Waals surface area contributed by atoms with Gasteiger partial charge in [-0.3, -0.25) is 4.79 Å². The fourth-order valence-electron chi connectivity index (χ4n) is 2.78. The van der Waals surface area contributed by atoms with Gasteiger partial charge in [-0.1, -0.05) is 31.5 Å². The van der Waals surface area contributed by atoms with Crippen LogP contribution in [0.25, 0.3) is 5.69 Å². The first-order valence-corrected chi connectivity index (χ1v) is 8.53. The number of para-hydroxylation sites is 1. The Balaban J connectivity index is 2.36. The summed E-state index contributed by atoms with van der Waals surface area (Å²) in [6, 6.07) is 8.12. The van der Waals surface area contributed by atoms with Crippen LogP contribution in [0.1, 0.15) is 40.7 Å². The van der Waals surface area contributed by atoms with Crippen LogP contribution < -0.4 is 5.32 Å². The second-order valence-electron chi connectivity index (χ2n) is 6.41. The summed E-state index contributed by atoms with van der Waals surface area (Å²) >= 11 is 0. The number of rotatable bonds is 7. The predicted octanol–water partition coefficient (Wildman–Crippen LogP) is 2.73. The summed E-state index contributed by atoms with van der Waals surface area (Å²) in [7, 11) is 3.99. The summed E-state index contributed by atoms with van der Waals surface area (Å²) in [6.07, 6.45) is 1.76. The number of amides is 1. The molecule has 2 aromatic rings. The van der Waals surface area contributed by atoms with E-state index in [4.69, 9.17) is 5.10 Å². The first kappa shape index (κ1) is 18.2. The van der Waals surface area contributed by atoms with Gasteiger partial charge in [-0.15, -0.1) is 0 Å². The van der Waals surface area contributed by atoms with Gasteiger partial charge < -0.3 is 10.2 Å². The van der Waals surface area contributed by atoms with Gasteiger partial charge in [0.1, 0.15) is 0 Å². The largest absolute Gasteiger partial charge is 0.351 e. The van der Waals surface area contributed by atoms with Crippen LogP contribution in [0.2, 0.25) is 0 Å². The van der Waals surface area contributed by atoms with Crippen molar-refractivity contribution in [2.45, 2.75) is 33.6 Å². The molecular formula is C19H28N4O. The van der Waals surface area contributed by atoms with Crippen LogP contribution in [-0.4, -0.2) is 47.8 Å². The second-order valence-corrected chi connectivity index (χ2v) is 6.41. The molecule has 0 spiro atoms. The molecule has 1 amide bonds. The van der Waals surface area contributed by atoms with E-state index in [1.165, 1.54) is 0 Å². The number of nitrogens with one attached hydrogen (secondary N) is 1. The average molecular weight is 328 g/mol. The zero-order valence-electron chi connectivity index (χ0n) is 15.4. The third kappa shape index (κ3) is 4.03. The van der Waals surface area contributed by atoms with Crippen LogP contribution in [0.15, 0.2) is 24.3 Å². The Bertz CT molecular complexity index is 703. The number of hydrogen-bond donors (Lipinski definition) is 1. The van der Waals surface area contributed by atoms with Gasteiger partial charge in [0.05, 0.1) is 22.6 Å². The molecule has 0 bridgehead atoms. The minimum absolute atomic E-state index is 0.0300. The summed E-state index contributed by atoms with van der Waals surface area (Å²) in [6.45, 7) is 7.59. The highest BCUT2D eigenvalue weighted by Gasteiger charge is 2.21. The molecule has 1 aromatic carbocycles. The monoisotopic (exact) mass is 328 g/mol. The van der Waals surface area contributed by atoms with E-state index in [9.17, 15) is 4.79 Å². The van der Waals surface area contributed by atoms with Crippen molar-refractivity contribution in [2.24, 2.45) is 0 Å². The molecule has 1 heterocycles. The van der Waals surface area contributed by atoms with E-state index in [2.05, 4.69) is 30.1 Å². The van der Waals surface area contributed by atoms with Gasteiger partial charge in [0.15, 0.2) is 0 Å². The van der Waals surface area contributed by atoms with Crippen molar-refractivity contribution < 1.29 is 4.79 Å². The van der Waals surface area contributed by atoms with E-state index in [0.717, 1.165) is 47.6 Å². The van der Waals surface area contributed by atoms with Crippen LogP contribution in [0.4, 0.5) is 0 Å². The van der Waals surface area contributed by atoms with Crippen molar-refractivity contribution in [3.8, 4) is 5.69 Å². The fraction of sp³-hybridized carbons (Fsp3) is 0.474. The topological polar surface area (TPSA) is 50.2 Å². The quantitative estimate of drug-likeness (QED) is 0.850. The lowest BCUT2D eigenvalue weighted by atomic mass is 10.1. The molecule has 0 unspecified atom stereocenters. The summed E-state index contributed by atoms with van der Waals surface area (Å²) in [5.41, 5.74) is 4.67.